The van der Waals surface area contributed by atoms with Gasteiger partial charge in [-0.25, -0.2) is 0 Å². The van der Waals surface area contributed by atoms with E-state index >= 15 is 0 Å². The fourth-order valence-electron chi connectivity index (χ4n) is 4.26. The largest absolute Gasteiger partial charge is 0.356 e. The first kappa shape index (κ1) is 22.8. The summed E-state index contributed by atoms with van der Waals surface area (Å²) in [6.07, 6.45) is 24.4. The molecule has 1 aromatic carbocycles. The monoisotopic (exact) mass is 384 g/mol. The van der Waals surface area contributed by atoms with E-state index in [0.717, 1.165) is 0 Å². The minimum Gasteiger partial charge on any atom is -0.356 e. The minimum atomic E-state index is 0.507. The van der Waals surface area contributed by atoms with E-state index < -0.39 is 0 Å². The third kappa shape index (κ3) is 8.29. The van der Waals surface area contributed by atoms with Gasteiger partial charge in [0.2, 0.25) is 0 Å². The van der Waals surface area contributed by atoms with Crippen molar-refractivity contribution >= 4 is 5.69 Å². The Kier molecular flexibility index (Phi) is 11.9. The molecule has 1 heterocycles. The number of anilines is 1. The van der Waals surface area contributed by atoms with Gasteiger partial charge >= 0.3 is 0 Å². The number of benzene rings is 1. The number of hydrogen-bond acceptors (Lipinski definition) is 2. The molecule has 1 atom stereocenters. The van der Waals surface area contributed by atoms with Crippen LogP contribution in [0.3, 0.4) is 0 Å². The summed E-state index contributed by atoms with van der Waals surface area (Å²) in [5, 5.41) is 0. The van der Waals surface area contributed by atoms with Crippen molar-refractivity contribution in [3.05, 3.63) is 42.7 Å². The van der Waals surface area contributed by atoms with Crippen molar-refractivity contribution < 1.29 is 0 Å². The Labute approximate surface area is 175 Å². The van der Waals surface area contributed by atoms with Gasteiger partial charge in [0, 0.05) is 24.6 Å². The SMILES string of the molecule is CCCCCCCCCCCCN1C=CN(c2ccccc2)C1CCCCC. The molecule has 0 fully saturated rings. The lowest BCUT2D eigenvalue weighted by molar-refractivity contribution is 0.273. The average Bonchev–Trinajstić information content (AvgIpc) is 3.13. The third-order valence-electron chi connectivity index (χ3n) is 6.01. The second-order valence-corrected chi connectivity index (χ2v) is 8.44. The van der Waals surface area contributed by atoms with Gasteiger partial charge in [0.1, 0.15) is 6.17 Å². The van der Waals surface area contributed by atoms with Crippen molar-refractivity contribution in [2.24, 2.45) is 0 Å². The fourth-order valence-corrected chi connectivity index (χ4v) is 4.26. The van der Waals surface area contributed by atoms with Crippen LogP contribution >= 0.6 is 0 Å². The number of para-hydroxylation sites is 1. The molecule has 1 aliphatic rings. The summed E-state index contributed by atoms with van der Waals surface area (Å²) in [6.45, 7) is 5.79. The molecule has 0 aromatic heterocycles. The molecule has 2 nitrogen and oxygen atoms in total. The maximum atomic E-state index is 2.59. The Bertz CT molecular complexity index is 510. The molecule has 0 radical (unpaired) electrons. The van der Waals surface area contributed by atoms with Crippen LogP contribution < -0.4 is 4.90 Å². The van der Waals surface area contributed by atoms with Crippen molar-refractivity contribution in [1.29, 1.82) is 0 Å². The van der Waals surface area contributed by atoms with Gasteiger partial charge in [-0.3, -0.25) is 0 Å². The maximum Gasteiger partial charge on any atom is 0.105 e. The molecule has 0 amide bonds. The molecule has 2 rings (SSSR count). The summed E-state index contributed by atoms with van der Waals surface area (Å²) in [5.41, 5.74) is 1.32. The molecule has 1 aliphatic heterocycles. The van der Waals surface area contributed by atoms with Gasteiger partial charge in [-0.2, -0.15) is 0 Å². The van der Waals surface area contributed by atoms with E-state index in [0.29, 0.717) is 6.17 Å². The molecule has 1 aromatic rings. The molecule has 0 aliphatic carbocycles. The Morgan fingerprint density at radius 2 is 1.21 bits per heavy atom. The first-order chi connectivity index (χ1) is 13.9. The lowest BCUT2D eigenvalue weighted by Gasteiger charge is -2.33. The maximum absolute atomic E-state index is 2.59. The average molecular weight is 385 g/mol. The predicted molar refractivity (Wildman–Crippen MR) is 125 cm³/mol. The van der Waals surface area contributed by atoms with Crippen molar-refractivity contribution in [1.82, 2.24) is 4.90 Å². The second-order valence-electron chi connectivity index (χ2n) is 8.44. The lowest BCUT2D eigenvalue weighted by Crippen LogP contribution is -2.39. The Hall–Kier alpha value is -1.44. The van der Waals surface area contributed by atoms with Crippen LogP contribution in [-0.4, -0.2) is 17.6 Å². The predicted octanol–water partition coefficient (Wildman–Crippen LogP) is 8.11. The van der Waals surface area contributed by atoms with Gasteiger partial charge in [0.05, 0.1) is 0 Å². The van der Waals surface area contributed by atoms with Crippen LogP contribution in [0, 0.1) is 0 Å². The van der Waals surface area contributed by atoms with E-state index in [1.807, 2.05) is 0 Å². The van der Waals surface area contributed by atoms with Crippen LogP contribution in [0.4, 0.5) is 5.69 Å². The Morgan fingerprint density at radius 3 is 1.86 bits per heavy atom. The van der Waals surface area contributed by atoms with Crippen molar-refractivity contribution in [3.63, 3.8) is 0 Å². The van der Waals surface area contributed by atoms with Gasteiger partial charge in [0.15, 0.2) is 0 Å². The Balaban J connectivity index is 1.67. The van der Waals surface area contributed by atoms with Gasteiger partial charge in [-0.05, 0) is 31.4 Å². The molecule has 0 saturated carbocycles. The van der Waals surface area contributed by atoms with E-state index in [9.17, 15) is 0 Å². The molecular weight excluding hydrogens is 340 g/mol. The minimum absolute atomic E-state index is 0.507. The van der Waals surface area contributed by atoms with Crippen LogP contribution in [0.1, 0.15) is 104 Å². The van der Waals surface area contributed by atoms with Crippen LogP contribution in [0.15, 0.2) is 42.7 Å². The zero-order chi connectivity index (χ0) is 19.9. The summed E-state index contributed by atoms with van der Waals surface area (Å²) in [6, 6.07) is 10.9. The molecule has 0 N–H and O–H groups in total. The van der Waals surface area contributed by atoms with Gasteiger partial charge in [0.25, 0.3) is 0 Å². The fraction of sp³-hybridized carbons (Fsp3) is 0.692. The molecule has 28 heavy (non-hydrogen) atoms. The summed E-state index contributed by atoms with van der Waals surface area (Å²) in [5.74, 6) is 0. The number of unbranched alkanes of at least 4 members (excludes halogenated alkanes) is 11. The zero-order valence-corrected chi connectivity index (χ0v) is 18.6. The van der Waals surface area contributed by atoms with Crippen LogP contribution in [0.25, 0.3) is 0 Å². The number of rotatable bonds is 16. The molecule has 2 heteroatoms. The molecular formula is C26H44N2. The van der Waals surface area contributed by atoms with E-state index in [1.54, 1.807) is 0 Å². The van der Waals surface area contributed by atoms with Crippen LogP contribution in [0.2, 0.25) is 0 Å². The van der Waals surface area contributed by atoms with Gasteiger partial charge in [-0.15, -0.1) is 0 Å². The first-order valence-electron chi connectivity index (χ1n) is 12.1. The van der Waals surface area contributed by atoms with E-state index in [-0.39, 0.29) is 0 Å². The molecule has 0 saturated heterocycles. The number of hydrogen-bond donors (Lipinski definition) is 0. The topological polar surface area (TPSA) is 6.48 Å². The summed E-state index contributed by atoms with van der Waals surface area (Å²) in [7, 11) is 0. The highest BCUT2D eigenvalue weighted by molar-refractivity contribution is 5.51. The van der Waals surface area contributed by atoms with Crippen LogP contribution in [0.5, 0.6) is 0 Å². The highest BCUT2D eigenvalue weighted by Crippen LogP contribution is 2.28. The second kappa shape index (κ2) is 14.5. The van der Waals surface area contributed by atoms with E-state index in [4.69, 9.17) is 0 Å². The van der Waals surface area contributed by atoms with Gasteiger partial charge in [-0.1, -0.05) is 103 Å². The Morgan fingerprint density at radius 1 is 0.643 bits per heavy atom. The molecule has 0 spiro atoms. The first-order valence-corrected chi connectivity index (χ1v) is 12.1. The molecule has 1 unspecified atom stereocenters. The van der Waals surface area contributed by atoms with Crippen molar-refractivity contribution in [2.75, 3.05) is 11.4 Å². The molecule has 158 valence electrons. The van der Waals surface area contributed by atoms with Crippen molar-refractivity contribution in [2.45, 2.75) is 110 Å². The highest BCUT2D eigenvalue weighted by Gasteiger charge is 2.26. The van der Waals surface area contributed by atoms with Crippen molar-refractivity contribution in [3.8, 4) is 0 Å². The number of nitrogens with zero attached hydrogens (tertiary/aromatic N) is 2. The van der Waals surface area contributed by atoms with E-state index in [1.165, 1.54) is 102 Å². The quantitative estimate of drug-likeness (QED) is 0.266. The summed E-state index contributed by atoms with van der Waals surface area (Å²) in [4.78, 5) is 5.07. The summed E-state index contributed by atoms with van der Waals surface area (Å²) >= 11 is 0. The molecule has 0 bridgehead atoms. The highest BCUT2D eigenvalue weighted by atomic mass is 15.4. The smallest absolute Gasteiger partial charge is 0.105 e. The zero-order valence-electron chi connectivity index (χ0n) is 18.6. The summed E-state index contributed by atoms with van der Waals surface area (Å²) < 4.78 is 0. The third-order valence-corrected chi connectivity index (χ3v) is 6.01. The standard InChI is InChI=1S/C26H44N2/c1-3-5-7-8-9-10-11-12-13-18-22-27-23-24-28(25-19-16-14-17-20-25)26(27)21-15-6-4-2/h14,16-17,19-20,23-24,26H,3-13,15,18,21-22H2,1-2H3. The normalized spacial score (nSPS) is 16.3. The van der Waals surface area contributed by atoms with Crippen LogP contribution in [-0.2, 0) is 0 Å². The lowest BCUT2D eigenvalue weighted by atomic mass is 10.1. The van der Waals surface area contributed by atoms with E-state index in [2.05, 4.69) is 66.4 Å². The van der Waals surface area contributed by atoms with Gasteiger partial charge < -0.3 is 9.80 Å².